The first-order chi connectivity index (χ1) is 8.06. The summed E-state index contributed by atoms with van der Waals surface area (Å²) in [5.41, 5.74) is 5.65. The normalized spacial score (nSPS) is 12.0. The van der Waals surface area contributed by atoms with Crippen molar-refractivity contribution in [2.24, 2.45) is 5.73 Å². The minimum atomic E-state index is -0.455. The maximum atomic E-state index is 11.6. The number of carbonyl (C=O) groups is 2. The Labute approximate surface area is 104 Å². The van der Waals surface area contributed by atoms with Crippen molar-refractivity contribution >= 4 is 11.8 Å². The van der Waals surface area contributed by atoms with Gasteiger partial charge in [-0.25, -0.2) is 0 Å². The monoisotopic (exact) mass is 243 g/mol. The molecule has 0 saturated heterocycles. The lowest BCUT2D eigenvalue weighted by Gasteiger charge is -2.19. The highest BCUT2D eigenvalue weighted by Gasteiger charge is 2.13. The van der Waals surface area contributed by atoms with Crippen LogP contribution in [0.3, 0.4) is 0 Å². The molecule has 0 spiro atoms. The number of carbonyl (C=O) groups excluding carboxylic acids is 2. The highest BCUT2D eigenvalue weighted by molar-refractivity contribution is 5.82. The molecule has 0 radical (unpaired) electrons. The molecule has 2 amide bonds. The Morgan fingerprint density at radius 1 is 1.24 bits per heavy atom. The van der Waals surface area contributed by atoms with E-state index in [-0.39, 0.29) is 11.8 Å². The molecule has 0 aliphatic heterocycles. The van der Waals surface area contributed by atoms with Crippen LogP contribution in [0.4, 0.5) is 0 Å². The van der Waals surface area contributed by atoms with Crippen LogP contribution in [0.25, 0.3) is 0 Å². The van der Waals surface area contributed by atoms with E-state index < -0.39 is 6.04 Å². The first-order valence-electron chi connectivity index (χ1n) is 6.37. The largest absolute Gasteiger partial charge is 0.354 e. The fourth-order valence-corrected chi connectivity index (χ4v) is 1.60. The Bertz CT molecular complexity index is 240. The molecule has 3 N–H and O–H groups in total. The quantitative estimate of drug-likeness (QED) is 0.651. The summed E-state index contributed by atoms with van der Waals surface area (Å²) in [5.74, 6) is -0.0986. The van der Waals surface area contributed by atoms with Gasteiger partial charge in [-0.3, -0.25) is 9.59 Å². The summed E-state index contributed by atoms with van der Waals surface area (Å²) in [6.07, 6.45) is 1.90. The molecule has 5 nitrogen and oxygen atoms in total. The van der Waals surface area contributed by atoms with E-state index in [4.69, 9.17) is 5.73 Å². The van der Waals surface area contributed by atoms with Gasteiger partial charge in [-0.2, -0.15) is 0 Å². The zero-order chi connectivity index (χ0) is 13.3. The second-order valence-corrected chi connectivity index (χ2v) is 4.00. The Morgan fingerprint density at radius 3 is 2.29 bits per heavy atom. The van der Waals surface area contributed by atoms with Gasteiger partial charge < -0.3 is 16.0 Å². The fourth-order valence-electron chi connectivity index (χ4n) is 1.60. The van der Waals surface area contributed by atoms with Gasteiger partial charge >= 0.3 is 0 Å². The molecule has 100 valence electrons. The molecule has 0 aromatic rings. The van der Waals surface area contributed by atoms with Crippen LogP contribution in [0.1, 0.15) is 40.0 Å². The lowest BCUT2D eigenvalue weighted by molar-refractivity contribution is -0.130. The molecule has 5 heteroatoms. The smallest absolute Gasteiger partial charge is 0.236 e. The van der Waals surface area contributed by atoms with E-state index >= 15 is 0 Å². The van der Waals surface area contributed by atoms with E-state index in [2.05, 4.69) is 5.32 Å². The molecule has 0 aromatic heterocycles. The molecule has 0 bridgehead atoms. The first kappa shape index (κ1) is 15.9. The predicted octanol–water partition coefficient (Wildman–Crippen LogP) is 0.489. The first-order valence-corrected chi connectivity index (χ1v) is 6.37. The molecule has 0 saturated carbocycles. The summed E-state index contributed by atoms with van der Waals surface area (Å²) >= 11 is 0. The minimum absolute atomic E-state index is 0.0689. The third kappa shape index (κ3) is 6.26. The van der Waals surface area contributed by atoms with Crippen LogP contribution in [-0.2, 0) is 9.59 Å². The van der Waals surface area contributed by atoms with Gasteiger partial charge in [0, 0.05) is 26.1 Å². The second kappa shape index (κ2) is 8.98. The lowest BCUT2D eigenvalue weighted by Crippen LogP contribution is -2.42. The summed E-state index contributed by atoms with van der Waals surface area (Å²) < 4.78 is 0. The molecule has 0 rings (SSSR count). The van der Waals surface area contributed by atoms with Crippen molar-refractivity contribution < 1.29 is 9.59 Å². The van der Waals surface area contributed by atoms with Gasteiger partial charge in [0.2, 0.25) is 11.8 Å². The average molecular weight is 243 g/mol. The molecular weight excluding hydrogens is 218 g/mol. The molecule has 0 fully saturated rings. The van der Waals surface area contributed by atoms with E-state index in [1.165, 1.54) is 0 Å². The lowest BCUT2D eigenvalue weighted by atomic mass is 10.1. The maximum absolute atomic E-state index is 11.6. The van der Waals surface area contributed by atoms with E-state index in [1.54, 1.807) is 4.90 Å². The summed E-state index contributed by atoms with van der Waals surface area (Å²) in [6, 6.07) is -0.455. The molecule has 0 aromatic carbocycles. The van der Waals surface area contributed by atoms with Crippen LogP contribution in [0.2, 0.25) is 0 Å². The number of hydrogen-bond acceptors (Lipinski definition) is 3. The van der Waals surface area contributed by atoms with Gasteiger partial charge in [0.25, 0.3) is 0 Å². The molecule has 1 atom stereocenters. The number of amides is 2. The third-order valence-corrected chi connectivity index (χ3v) is 2.69. The fraction of sp³-hybridized carbons (Fsp3) is 0.833. The number of nitrogens with two attached hydrogens (primary N) is 1. The Kier molecular flexibility index (Phi) is 8.40. The van der Waals surface area contributed by atoms with Gasteiger partial charge in [-0.1, -0.05) is 13.3 Å². The van der Waals surface area contributed by atoms with Crippen molar-refractivity contribution in [3.8, 4) is 0 Å². The number of rotatable bonds is 8. The molecule has 0 aliphatic carbocycles. The standard InChI is InChI=1S/C12H25N3O2/c1-4-7-10(13)12(17)14-9-8-11(16)15(5-2)6-3/h10H,4-9,13H2,1-3H3,(H,14,17)/t10-/m1/s1. The summed E-state index contributed by atoms with van der Waals surface area (Å²) in [5, 5.41) is 2.69. The minimum Gasteiger partial charge on any atom is -0.354 e. The van der Waals surface area contributed by atoms with Crippen LogP contribution in [-0.4, -0.2) is 42.4 Å². The van der Waals surface area contributed by atoms with Crippen LogP contribution in [0, 0.1) is 0 Å². The summed E-state index contributed by atoms with van der Waals surface area (Å²) in [7, 11) is 0. The van der Waals surface area contributed by atoms with Gasteiger partial charge in [0.15, 0.2) is 0 Å². The third-order valence-electron chi connectivity index (χ3n) is 2.69. The number of nitrogens with zero attached hydrogens (tertiary/aromatic N) is 1. The Hall–Kier alpha value is -1.10. The van der Waals surface area contributed by atoms with E-state index in [0.29, 0.717) is 32.5 Å². The Morgan fingerprint density at radius 2 is 1.82 bits per heavy atom. The van der Waals surface area contributed by atoms with Gasteiger partial charge in [-0.15, -0.1) is 0 Å². The van der Waals surface area contributed by atoms with Crippen molar-refractivity contribution in [1.82, 2.24) is 10.2 Å². The van der Waals surface area contributed by atoms with Crippen LogP contribution in [0.15, 0.2) is 0 Å². The van der Waals surface area contributed by atoms with Crippen LogP contribution >= 0.6 is 0 Å². The zero-order valence-electron chi connectivity index (χ0n) is 11.2. The van der Waals surface area contributed by atoms with E-state index in [9.17, 15) is 9.59 Å². The highest BCUT2D eigenvalue weighted by Crippen LogP contribution is 1.95. The van der Waals surface area contributed by atoms with E-state index in [1.807, 2.05) is 20.8 Å². The van der Waals surface area contributed by atoms with Crippen LogP contribution in [0.5, 0.6) is 0 Å². The van der Waals surface area contributed by atoms with Crippen LogP contribution < -0.4 is 11.1 Å². The highest BCUT2D eigenvalue weighted by atomic mass is 16.2. The summed E-state index contributed by atoms with van der Waals surface area (Å²) in [6.45, 7) is 7.65. The molecule has 0 heterocycles. The maximum Gasteiger partial charge on any atom is 0.236 e. The topological polar surface area (TPSA) is 75.4 Å². The zero-order valence-corrected chi connectivity index (χ0v) is 11.2. The van der Waals surface area contributed by atoms with Crippen molar-refractivity contribution in [2.45, 2.75) is 46.1 Å². The average Bonchev–Trinajstić information content (AvgIpc) is 2.30. The SMILES string of the molecule is CCC[C@@H](N)C(=O)NCCC(=O)N(CC)CC. The van der Waals surface area contributed by atoms with Crippen molar-refractivity contribution in [1.29, 1.82) is 0 Å². The molecule has 17 heavy (non-hydrogen) atoms. The Balaban J connectivity index is 3.83. The molecule has 0 aliphatic rings. The van der Waals surface area contributed by atoms with E-state index in [0.717, 1.165) is 6.42 Å². The van der Waals surface area contributed by atoms with Gasteiger partial charge in [0.1, 0.15) is 0 Å². The van der Waals surface area contributed by atoms with Gasteiger partial charge in [-0.05, 0) is 20.3 Å². The molecule has 0 unspecified atom stereocenters. The predicted molar refractivity (Wildman–Crippen MR) is 68.4 cm³/mol. The number of hydrogen-bond donors (Lipinski definition) is 2. The molecular formula is C12H25N3O2. The van der Waals surface area contributed by atoms with Gasteiger partial charge in [0.05, 0.1) is 6.04 Å². The number of nitrogens with one attached hydrogen (secondary N) is 1. The summed E-state index contributed by atoms with van der Waals surface area (Å²) in [4.78, 5) is 24.8. The van der Waals surface area contributed by atoms with Crippen molar-refractivity contribution in [2.75, 3.05) is 19.6 Å². The van der Waals surface area contributed by atoms with Crippen molar-refractivity contribution in [3.05, 3.63) is 0 Å². The van der Waals surface area contributed by atoms with Crippen molar-refractivity contribution in [3.63, 3.8) is 0 Å². The second-order valence-electron chi connectivity index (χ2n) is 4.00.